The van der Waals surface area contributed by atoms with Crippen molar-refractivity contribution in [3.63, 3.8) is 0 Å². The molecule has 0 aromatic carbocycles. The maximum absolute atomic E-state index is 11.2. The van der Waals surface area contributed by atoms with Gasteiger partial charge < -0.3 is 4.74 Å². The van der Waals surface area contributed by atoms with Gasteiger partial charge in [-0.1, -0.05) is 6.42 Å². The summed E-state index contributed by atoms with van der Waals surface area (Å²) in [4.78, 5) is 11.2. The van der Waals surface area contributed by atoms with Crippen molar-refractivity contribution in [1.29, 1.82) is 0 Å². The van der Waals surface area contributed by atoms with Crippen molar-refractivity contribution in [3.05, 3.63) is 0 Å². The Labute approximate surface area is 71.9 Å². The predicted octanol–water partition coefficient (Wildman–Crippen LogP) is 1.75. The van der Waals surface area contributed by atoms with Gasteiger partial charge in [0.1, 0.15) is 5.38 Å². The van der Waals surface area contributed by atoms with Gasteiger partial charge in [-0.2, -0.15) is 0 Å². The highest BCUT2D eigenvalue weighted by Crippen LogP contribution is 2.21. The van der Waals surface area contributed by atoms with Gasteiger partial charge in [0.25, 0.3) is 0 Å². The lowest BCUT2D eigenvalue weighted by molar-refractivity contribution is -0.120. The minimum absolute atomic E-state index is 0.0633. The van der Waals surface area contributed by atoms with Crippen LogP contribution in [0.4, 0.5) is 0 Å². The number of rotatable bonds is 1. The first-order valence-corrected chi connectivity index (χ1v) is 4.39. The standard InChI is InChI=1S/C8H13ClO2/c1-11-7-5-3-2-4-6(10)8(7)9/h7-8H,2-5H2,1H3. The van der Waals surface area contributed by atoms with Crippen LogP contribution in [0.5, 0.6) is 0 Å². The molecule has 0 amide bonds. The van der Waals surface area contributed by atoms with Gasteiger partial charge in [0.15, 0.2) is 5.78 Å². The largest absolute Gasteiger partial charge is 0.379 e. The molecule has 2 unspecified atom stereocenters. The summed E-state index contributed by atoms with van der Waals surface area (Å²) in [5.74, 6) is 0.135. The first-order valence-electron chi connectivity index (χ1n) is 3.95. The molecule has 0 bridgehead atoms. The van der Waals surface area contributed by atoms with E-state index in [4.69, 9.17) is 16.3 Å². The number of carbonyl (C=O) groups is 1. The second kappa shape index (κ2) is 4.07. The summed E-state index contributed by atoms with van der Waals surface area (Å²) < 4.78 is 5.10. The third kappa shape index (κ3) is 2.17. The van der Waals surface area contributed by atoms with Gasteiger partial charge in [-0.25, -0.2) is 0 Å². The lowest BCUT2D eigenvalue weighted by atomic mass is 10.1. The molecular weight excluding hydrogens is 164 g/mol. The third-order valence-corrected chi connectivity index (χ3v) is 2.62. The van der Waals surface area contributed by atoms with E-state index in [2.05, 4.69) is 0 Å². The van der Waals surface area contributed by atoms with Crippen LogP contribution >= 0.6 is 11.6 Å². The Kier molecular flexibility index (Phi) is 3.34. The minimum Gasteiger partial charge on any atom is -0.379 e. The van der Waals surface area contributed by atoms with Gasteiger partial charge in [0.2, 0.25) is 0 Å². The van der Waals surface area contributed by atoms with Crippen LogP contribution in [0.3, 0.4) is 0 Å². The molecule has 0 spiro atoms. The molecule has 0 radical (unpaired) electrons. The molecule has 2 atom stereocenters. The lowest BCUT2D eigenvalue weighted by Gasteiger charge is -2.15. The molecule has 0 aliphatic heterocycles. The molecular formula is C8H13ClO2. The van der Waals surface area contributed by atoms with Gasteiger partial charge in [-0.3, -0.25) is 4.79 Å². The topological polar surface area (TPSA) is 26.3 Å². The molecule has 1 rings (SSSR count). The van der Waals surface area contributed by atoms with Crippen LogP contribution < -0.4 is 0 Å². The molecule has 2 nitrogen and oxygen atoms in total. The highest BCUT2D eigenvalue weighted by Gasteiger charge is 2.27. The fourth-order valence-electron chi connectivity index (χ4n) is 1.37. The number of alkyl halides is 1. The quantitative estimate of drug-likeness (QED) is 0.450. The van der Waals surface area contributed by atoms with Gasteiger partial charge in [-0.05, 0) is 12.8 Å². The van der Waals surface area contributed by atoms with Crippen LogP contribution in [-0.4, -0.2) is 24.4 Å². The van der Waals surface area contributed by atoms with E-state index in [9.17, 15) is 4.79 Å². The molecule has 0 heterocycles. The molecule has 1 aliphatic rings. The van der Waals surface area contributed by atoms with E-state index in [1.807, 2.05) is 0 Å². The Morgan fingerprint density at radius 1 is 1.55 bits per heavy atom. The number of ether oxygens (including phenoxy) is 1. The zero-order valence-electron chi connectivity index (χ0n) is 6.68. The second-order valence-corrected chi connectivity index (χ2v) is 3.36. The average Bonchev–Trinajstić information content (AvgIpc) is 2.16. The van der Waals surface area contributed by atoms with Crippen molar-refractivity contribution in [2.45, 2.75) is 37.2 Å². The lowest BCUT2D eigenvalue weighted by Crippen LogP contribution is -2.28. The molecule has 0 N–H and O–H groups in total. The summed E-state index contributed by atoms with van der Waals surface area (Å²) >= 11 is 5.86. The van der Waals surface area contributed by atoms with E-state index in [0.29, 0.717) is 6.42 Å². The van der Waals surface area contributed by atoms with E-state index in [-0.39, 0.29) is 11.9 Å². The Balaban J connectivity index is 2.56. The normalized spacial score (nSPS) is 33.5. The Morgan fingerprint density at radius 2 is 2.27 bits per heavy atom. The molecule has 0 aromatic rings. The van der Waals surface area contributed by atoms with Crippen LogP contribution in [-0.2, 0) is 9.53 Å². The van der Waals surface area contributed by atoms with Crippen LogP contribution in [0.2, 0.25) is 0 Å². The predicted molar refractivity (Wildman–Crippen MR) is 43.9 cm³/mol. The van der Waals surface area contributed by atoms with Gasteiger partial charge >= 0.3 is 0 Å². The number of hydrogen-bond acceptors (Lipinski definition) is 2. The molecule has 0 aromatic heterocycles. The number of carbonyl (C=O) groups excluding carboxylic acids is 1. The number of halogens is 1. The highest BCUT2D eigenvalue weighted by molar-refractivity contribution is 6.31. The van der Waals surface area contributed by atoms with Crippen molar-refractivity contribution in [1.82, 2.24) is 0 Å². The Morgan fingerprint density at radius 3 is 2.91 bits per heavy atom. The van der Waals surface area contributed by atoms with Crippen LogP contribution in [0.25, 0.3) is 0 Å². The van der Waals surface area contributed by atoms with E-state index < -0.39 is 5.38 Å². The summed E-state index contributed by atoms with van der Waals surface area (Å²) in [5.41, 5.74) is 0. The van der Waals surface area contributed by atoms with Crippen molar-refractivity contribution in [2.75, 3.05) is 7.11 Å². The molecule has 1 aliphatic carbocycles. The minimum atomic E-state index is -0.414. The molecule has 3 heteroatoms. The van der Waals surface area contributed by atoms with Crippen LogP contribution in [0.15, 0.2) is 0 Å². The smallest absolute Gasteiger partial charge is 0.153 e. The fraction of sp³-hybridized carbons (Fsp3) is 0.875. The van der Waals surface area contributed by atoms with Crippen molar-refractivity contribution in [2.24, 2.45) is 0 Å². The number of ketones is 1. The zero-order valence-corrected chi connectivity index (χ0v) is 7.43. The number of hydrogen-bond donors (Lipinski definition) is 0. The Hall–Kier alpha value is -0.0800. The molecule has 0 saturated heterocycles. The van der Waals surface area contributed by atoms with Crippen LogP contribution in [0, 0.1) is 0 Å². The zero-order chi connectivity index (χ0) is 8.27. The monoisotopic (exact) mass is 176 g/mol. The average molecular weight is 177 g/mol. The maximum atomic E-state index is 11.2. The fourth-order valence-corrected chi connectivity index (χ4v) is 1.71. The van der Waals surface area contributed by atoms with Crippen LogP contribution in [0.1, 0.15) is 25.7 Å². The van der Waals surface area contributed by atoms with Gasteiger partial charge in [-0.15, -0.1) is 11.6 Å². The maximum Gasteiger partial charge on any atom is 0.153 e. The molecule has 11 heavy (non-hydrogen) atoms. The van der Waals surface area contributed by atoms with Crippen molar-refractivity contribution in [3.8, 4) is 0 Å². The summed E-state index contributed by atoms with van der Waals surface area (Å²) in [7, 11) is 1.61. The van der Waals surface area contributed by atoms with Gasteiger partial charge in [0, 0.05) is 13.5 Å². The first kappa shape index (κ1) is 9.01. The van der Waals surface area contributed by atoms with Crippen molar-refractivity contribution < 1.29 is 9.53 Å². The van der Waals surface area contributed by atoms with E-state index in [1.165, 1.54) is 0 Å². The first-order chi connectivity index (χ1) is 5.25. The van der Waals surface area contributed by atoms with E-state index in [1.54, 1.807) is 7.11 Å². The molecule has 64 valence electrons. The third-order valence-electron chi connectivity index (χ3n) is 2.10. The highest BCUT2D eigenvalue weighted by atomic mass is 35.5. The number of methoxy groups -OCH3 is 1. The molecule has 1 saturated carbocycles. The summed E-state index contributed by atoms with van der Waals surface area (Å²) in [6.07, 6.45) is 3.48. The summed E-state index contributed by atoms with van der Waals surface area (Å²) in [6.45, 7) is 0. The van der Waals surface area contributed by atoms with Gasteiger partial charge in [0.05, 0.1) is 6.10 Å². The van der Waals surface area contributed by atoms with E-state index in [0.717, 1.165) is 19.3 Å². The SMILES string of the molecule is COC1CCCCC(=O)C1Cl. The Bertz CT molecular complexity index is 147. The summed E-state index contributed by atoms with van der Waals surface area (Å²) in [6, 6.07) is 0. The summed E-state index contributed by atoms with van der Waals surface area (Å²) in [5, 5.41) is -0.414. The molecule has 1 fully saturated rings. The van der Waals surface area contributed by atoms with E-state index >= 15 is 0 Å². The number of Topliss-reactive ketones (excluding diaryl/α,β-unsaturated/α-hetero) is 1. The second-order valence-electron chi connectivity index (χ2n) is 2.89. The van der Waals surface area contributed by atoms with Crippen molar-refractivity contribution >= 4 is 17.4 Å².